The molecule has 4 nitrogen and oxygen atoms in total. The molecule has 0 aliphatic carbocycles. The minimum absolute atomic E-state index is 0.258. The lowest BCUT2D eigenvalue weighted by molar-refractivity contribution is 0.435. The van der Waals surface area contributed by atoms with Gasteiger partial charge in [-0.2, -0.15) is 0 Å². The van der Waals surface area contributed by atoms with Crippen LogP contribution in [-0.2, 0) is 0 Å². The van der Waals surface area contributed by atoms with Crippen LogP contribution in [0.3, 0.4) is 0 Å². The van der Waals surface area contributed by atoms with E-state index in [1.54, 1.807) is 18.4 Å². The molecule has 96 valence electrons. The van der Waals surface area contributed by atoms with Crippen molar-refractivity contribution in [3.8, 4) is 22.6 Å². The average Bonchev–Trinajstić information content (AvgIpc) is 2.97. The van der Waals surface area contributed by atoms with E-state index in [0.29, 0.717) is 16.5 Å². The van der Waals surface area contributed by atoms with Crippen LogP contribution in [0.2, 0.25) is 5.02 Å². The summed E-state index contributed by atoms with van der Waals surface area (Å²) < 4.78 is 10.5. The van der Waals surface area contributed by atoms with Gasteiger partial charge in [-0.15, -0.1) is 0 Å². The molecule has 2 aromatic heterocycles. The highest BCUT2D eigenvalue weighted by molar-refractivity contribution is 6.30. The molecule has 0 aliphatic heterocycles. The molecule has 0 amide bonds. The van der Waals surface area contributed by atoms with Gasteiger partial charge in [-0.1, -0.05) is 28.9 Å². The molecule has 0 bridgehead atoms. The second-order valence-electron chi connectivity index (χ2n) is 4.21. The van der Waals surface area contributed by atoms with Gasteiger partial charge in [0.1, 0.15) is 0 Å². The van der Waals surface area contributed by atoms with Crippen LogP contribution in [0.4, 0.5) is 5.88 Å². The van der Waals surface area contributed by atoms with Crippen molar-refractivity contribution in [3.63, 3.8) is 0 Å². The van der Waals surface area contributed by atoms with Crippen molar-refractivity contribution in [3.05, 3.63) is 47.2 Å². The second kappa shape index (κ2) is 4.48. The topological polar surface area (TPSA) is 65.2 Å². The number of anilines is 1. The lowest BCUT2D eigenvalue weighted by Crippen LogP contribution is -1.87. The molecule has 0 saturated heterocycles. The van der Waals surface area contributed by atoms with Gasteiger partial charge in [0.15, 0.2) is 11.5 Å². The van der Waals surface area contributed by atoms with E-state index in [4.69, 9.17) is 26.3 Å². The number of benzene rings is 1. The lowest BCUT2D eigenvalue weighted by atomic mass is 10.0. The van der Waals surface area contributed by atoms with Crippen molar-refractivity contribution in [2.45, 2.75) is 6.92 Å². The van der Waals surface area contributed by atoms with E-state index >= 15 is 0 Å². The number of nitrogens with zero attached hydrogens (tertiary/aromatic N) is 1. The lowest BCUT2D eigenvalue weighted by Gasteiger charge is -2.01. The Morgan fingerprint density at radius 3 is 2.53 bits per heavy atom. The summed E-state index contributed by atoms with van der Waals surface area (Å²) >= 11 is 5.89. The van der Waals surface area contributed by atoms with Crippen molar-refractivity contribution < 1.29 is 8.94 Å². The fraction of sp³-hybridized carbons (Fsp3) is 0.0714. The number of halogens is 1. The van der Waals surface area contributed by atoms with Gasteiger partial charge in [0.25, 0.3) is 0 Å². The van der Waals surface area contributed by atoms with Gasteiger partial charge in [-0.05, 0) is 36.2 Å². The maximum absolute atomic E-state index is 5.89. The number of aryl methyl sites for hydroxylation is 1. The van der Waals surface area contributed by atoms with Crippen LogP contribution in [0.5, 0.6) is 0 Å². The molecule has 0 atom stereocenters. The van der Waals surface area contributed by atoms with E-state index in [9.17, 15) is 0 Å². The van der Waals surface area contributed by atoms with E-state index in [1.165, 1.54) is 0 Å². The van der Waals surface area contributed by atoms with E-state index in [0.717, 1.165) is 16.7 Å². The molecular weight excluding hydrogens is 264 g/mol. The molecule has 19 heavy (non-hydrogen) atoms. The van der Waals surface area contributed by atoms with Gasteiger partial charge in [0.2, 0.25) is 5.88 Å². The molecule has 0 aliphatic rings. The van der Waals surface area contributed by atoms with Crippen LogP contribution in [0.25, 0.3) is 22.6 Å². The Bertz CT molecular complexity index is 713. The van der Waals surface area contributed by atoms with Gasteiger partial charge in [-0.3, -0.25) is 0 Å². The monoisotopic (exact) mass is 274 g/mol. The summed E-state index contributed by atoms with van der Waals surface area (Å²) in [6.45, 7) is 1.94. The molecule has 3 aromatic rings. The number of aromatic nitrogens is 1. The Morgan fingerprint density at radius 1 is 1.16 bits per heavy atom. The third-order valence-electron chi connectivity index (χ3n) is 2.93. The highest BCUT2D eigenvalue weighted by Gasteiger charge is 2.20. The zero-order valence-corrected chi connectivity index (χ0v) is 10.9. The van der Waals surface area contributed by atoms with Crippen molar-refractivity contribution in [1.29, 1.82) is 0 Å². The summed E-state index contributed by atoms with van der Waals surface area (Å²) in [5.74, 6) is 0.915. The third-order valence-corrected chi connectivity index (χ3v) is 3.18. The van der Waals surface area contributed by atoms with E-state index in [1.807, 2.05) is 25.1 Å². The van der Waals surface area contributed by atoms with Crippen LogP contribution in [-0.4, -0.2) is 5.16 Å². The molecule has 0 fully saturated rings. The van der Waals surface area contributed by atoms with Gasteiger partial charge in [-0.25, -0.2) is 0 Å². The molecule has 0 radical (unpaired) electrons. The first-order valence-electron chi connectivity index (χ1n) is 5.72. The second-order valence-corrected chi connectivity index (χ2v) is 4.65. The Kier molecular flexibility index (Phi) is 2.80. The standard InChI is InChI=1S/C14H11ClN2O2/c1-8-6-7-18-13(8)12-11(14(16)19-17-12)9-2-4-10(15)5-3-9/h2-7H,16H2,1H3. The normalized spacial score (nSPS) is 10.8. The Balaban J connectivity index is 2.19. The first-order chi connectivity index (χ1) is 9.16. The van der Waals surface area contributed by atoms with Gasteiger partial charge in [0.05, 0.1) is 11.8 Å². The van der Waals surface area contributed by atoms with Crippen molar-refractivity contribution >= 4 is 17.5 Å². The predicted molar refractivity (Wildman–Crippen MR) is 73.8 cm³/mol. The van der Waals surface area contributed by atoms with Crippen LogP contribution >= 0.6 is 11.6 Å². The highest BCUT2D eigenvalue weighted by Crippen LogP contribution is 2.37. The van der Waals surface area contributed by atoms with Crippen molar-refractivity contribution in [2.75, 3.05) is 5.73 Å². The van der Waals surface area contributed by atoms with Gasteiger partial charge in [0, 0.05) is 5.02 Å². The molecule has 5 heteroatoms. The smallest absolute Gasteiger partial charge is 0.230 e. The van der Waals surface area contributed by atoms with E-state index < -0.39 is 0 Å². The van der Waals surface area contributed by atoms with Crippen LogP contribution in [0.15, 0.2) is 45.5 Å². The van der Waals surface area contributed by atoms with Crippen molar-refractivity contribution in [2.24, 2.45) is 0 Å². The van der Waals surface area contributed by atoms with Crippen LogP contribution < -0.4 is 5.73 Å². The van der Waals surface area contributed by atoms with Crippen LogP contribution in [0.1, 0.15) is 5.56 Å². The predicted octanol–water partition coefficient (Wildman–Crippen LogP) is 4.15. The SMILES string of the molecule is Cc1ccoc1-c1noc(N)c1-c1ccc(Cl)cc1. The van der Waals surface area contributed by atoms with Crippen molar-refractivity contribution in [1.82, 2.24) is 5.16 Å². The minimum Gasteiger partial charge on any atom is -0.462 e. The minimum atomic E-state index is 0.258. The quantitative estimate of drug-likeness (QED) is 0.762. The Labute approximate surface area is 114 Å². The number of nitrogen functional groups attached to an aromatic ring is 1. The molecule has 0 saturated carbocycles. The number of hydrogen-bond donors (Lipinski definition) is 1. The van der Waals surface area contributed by atoms with Gasteiger partial charge < -0.3 is 14.7 Å². The zero-order valence-electron chi connectivity index (χ0n) is 10.2. The Morgan fingerprint density at radius 2 is 1.89 bits per heavy atom. The number of rotatable bonds is 2. The average molecular weight is 275 g/mol. The van der Waals surface area contributed by atoms with E-state index in [-0.39, 0.29) is 5.88 Å². The number of furan rings is 1. The first kappa shape index (κ1) is 11.9. The fourth-order valence-electron chi connectivity index (χ4n) is 1.97. The summed E-state index contributed by atoms with van der Waals surface area (Å²) in [5, 5.41) is 4.65. The molecule has 0 unspecified atom stereocenters. The number of hydrogen-bond acceptors (Lipinski definition) is 4. The van der Waals surface area contributed by atoms with Crippen LogP contribution in [0, 0.1) is 6.92 Å². The summed E-state index contributed by atoms with van der Waals surface area (Å²) in [5.41, 5.74) is 9.04. The number of nitrogens with two attached hydrogens (primary N) is 1. The Hall–Kier alpha value is -2.20. The summed E-state index contributed by atoms with van der Waals surface area (Å²) in [6, 6.07) is 9.19. The molecule has 2 N–H and O–H groups in total. The maximum Gasteiger partial charge on any atom is 0.230 e. The van der Waals surface area contributed by atoms with E-state index in [2.05, 4.69) is 5.16 Å². The maximum atomic E-state index is 5.89. The largest absolute Gasteiger partial charge is 0.462 e. The summed E-state index contributed by atoms with van der Waals surface area (Å²) in [4.78, 5) is 0. The summed E-state index contributed by atoms with van der Waals surface area (Å²) in [6.07, 6.45) is 1.61. The summed E-state index contributed by atoms with van der Waals surface area (Å²) in [7, 11) is 0. The fourth-order valence-corrected chi connectivity index (χ4v) is 2.09. The molecule has 2 heterocycles. The zero-order chi connectivity index (χ0) is 13.4. The molecular formula is C14H11ClN2O2. The molecule has 3 rings (SSSR count). The molecule has 1 aromatic carbocycles. The third kappa shape index (κ3) is 2.00. The highest BCUT2D eigenvalue weighted by atomic mass is 35.5. The molecule has 0 spiro atoms. The first-order valence-corrected chi connectivity index (χ1v) is 6.10. The van der Waals surface area contributed by atoms with Gasteiger partial charge >= 0.3 is 0 Å².